The highest BCUT2D eigenvalue weighted by Gasteiger charge is 2.31. The van der Waals surface area contributed by atoms with Crippen LogP contribution in [0, 0.1) is 11.7 Å². The Labute approximate surface area is 178 Å². The van der Waals surface area contributed by atoms with E-state index in [0.717, 1.165) is 36.2 Å². The standard InChI is InChI=1S/C23H24FN3O4/c24-17-4-1-14(2-5-17)9-16-7-8-27(13-21(16)28)12-18-11-20(26-31-18)15-3-6-19-22(10-15)30-23(29)25-19/h1-6,10,16,18,21,28H,7-9,11-13H2,(H,25,29). The second-order valence-electron chi connectivity index (χ2n) is 8.40. The van der Waals surface area contributed by atoms with E-state index in [1.807, 2.05) is 6.07 Å². The molecule has 2 N–H and O–H groups in total. The van der Waals surface area contributed by atoms with Gasteiger partial charge in [0, 0.05) is 25.1 Å². The van der Waals surface area contributed by atoms with E-state index in [9.17, 15) is 14.3 Å². The van der Waals surface area contributed by atoms with Gasteiger partial charge in [0.05, 0.1) is 17.3 Å². The van der Waals surface area contributed by atoms with Gasteiger partial charge in [-0.15, -0.1) is 0 Å². The van der Waals surface area contributed by atoms with Crippen molar-refractivity contribution >= 4 is 16.8 Å². The fourth-order valence-electron chi connectivity index (χ4n) is 4.48. The molecule has 3 aromatic rings. The van der Waals surface area contributed by atoms with Crippen molar-refractivity contribution in [2.75, 3.05) is 19.6 Å². The number of halogens is 1. The number of rotatable bonds is 5. The number of aromatic nitrogens is 1. The van der Waals surface area contributed by atoms with Crippen LogP contribution in [-0.2, 0) is 11.3 Å². The first-order valence-electron chi connectivity index (χ1n) is 10.5. The van der Waals surface area contributed by atoms with Crippen molar-refractivity contribution in [1.82, 2.24) is 9.88 Å². The number of likely N-dealkylation sites (tertiary alicyclic amines) is 1. The predicted octanol–water partition coefficient (Wildman–Crippen LogP) is 2.68. The number of aliphatic hydroxyl groups is 1. The zero-order valence-electron chi connectivity index (χ0n) is 17.0. The van der Waals surface area contributed by atoms with E-state index in [1.165, 1.54) is 12.1 Å². The lowest BCUT2D eigenvalue weighted by Crippen LogP contribution is -2.47. The molecule has 3 atom stereocenters. The van der Waals surface area contributed by atoms with Crippen LogP contribution in [0.25, 0.3) is 11.1 Å². The van der Waals surface area contributed by atoms with Gasteiger partial charge in [-0.05, 0) is 55.1 Å². The quantitative estimate of drug-likeness (QED) is 0.656. The van der Waals surface area contributed by atoms with E-state index in [4.69, 9.17) is 9.25 Å². The molecule has 0 amide bonds. The average Bonchev–Trinajstić information content (AvgIpc) is 3.36. The Morgan fingerprint density at radius 2 is 2.06 bits per heavy atom. The summed E-state index contributed by atoms with van der Waals surface area (Å²) in [5.74, 6) is -0.549. The van der Waals surface area contributed by atoms with Crippen molar-refractivity contribution in [3.63, 3.8) is 0 Å². The van der Waals surface area contributed by atoms with Gasteiger partial charge in [0.15, 0.2) is 5.58 Å². The molecule has 2 aliphatic heterocycles. The Kier molecular flexibility index (Phi) is 5.33. The van der Waals surface area contributed by atoms with Gasteiger partial charge in [0.1, 0.15) is 11.9 Å². The van der Waals surface area contributed by atoms with Crippen molar-refractivity contribution in [3.05, 3.63) is 70.0 Å². The zero-order chi connectivity index (χ0) is 21.4. The van der Waals surface area contributed by atoms with Gasteiger partial charge in [-0.25, -0.2) is 9.18 Å². The Morgan fingerprint density at radius 3 is 2.87 bits per heavy atom. The number of H-pyrrole nitrogens is 1. The maximum absolute atomic E-state index is 13.1. The summed E-state index contributed by atoms with van der Waals surface area (Å²) in [5.41, 5.74) is 3.90. The number of oxime groups is 1. The van der Waals surface area contributed by atoms with E-state index in [0.29, 0.717) is 30.6 Å². The summed E-state index contributed by atoms with van der Waals surface area (Å²) in [6.45, 7) is 2.15. The number of piperidine rings is 1. The largest absolute Gasteiger partial charge is 0.417 e. The molecule has 1 fully saturated rings. The second-order valence-corrected chi connectivity index (χ2v) is 8.40. The fraction of sp³-hybridized carbons (Fsp3) is 0.391. The van der Waals surface area contributed by atoms with Crippen LogP contribution in [0.5, 0.6) is 0 Å². The van der Waals surface area contributed by atoms with Crippen molar-refractivity contribution in [1.29, 1.82) is 0 Å². The smallest absolute Gasteiger partial charge is 0.408 e. The Morgan fingerprint density at radius 1 is 1.23 bits per heavy atom. The molecule has 2 aliphatic rings. The molecule has 1 saturated heterocycles. The van der Waals surface area contributed by atoms with Crippen LogP contribution in [0.3, 0.4) is 0 Å². The molecule has 1 aromatic heterocycles. The summed E-state index contributed by atoms with van der Waals surface area (Å²) in [6.07, 6.45) is 1.78. The van der Waals surface area contributed by atoms with Crippen LogP contribution in [0.15, 0.2) is 56.8 Å². The van der Waals surface area contributed by atoms with Crippen LogP contribution in [0.4, 0.5) is 4.39 Å². The number of oxazole rings is 1. The minimum absolute atomic E-state index is 0.0789. The first-order valence-corrected chi connectivity index (χ1v) is 10.5. The average molecular weight is 425 g/mol. The summed E-state index contributed by atoms with van der Waals surface area (Å²) in [6, 6.07) is 12.0. The highest BCUT2D eigenvalue weighted by atomic mass is 19.1. The monoisotopic (exact) mass is 425 g/mol. The molecular formula is C23H24FN3O4. The lowest BCUT2D eigenvalue weighted by atomic mass is 9.87. The summed E-state index contributed by atoms with van der Waals surface area (Å²) < 4.78 is 18.2. The molecule has 0 aliphatic carbocycles. The van der Waals surface area contributed by atoms with Gasteiger partial charge in [0.2, 0.25) is 0 Å². The van der Waals surface area contributed by atoms with Crippen LogP contribution >= 0.6 is 0 Å². The molecule has 0 bridgehead atoms. The summed E-state index contributed by atoms with van der Waals surface area (Å²) >= 11 is 0. The van der Waals surface area contributed by atoms with Gasteiger partial charge >= 0.3 is 5.76 Å². The minimum atomic E-state index is -0.476. The number of nitrogens with zero attached hydrogens (tertiary/aromatic N) is 2. The second kappa shape index (κ2) is 8.28. The molecule has 8 heteroatoms. The molecule has 0 spiro atoms. The summed E-state index contributed by atoms with van der Waals surface area (Å²) in [7, 11) is 0. The third-order valence-electron chi connectivity index (χ3n) is 6.17. The van der Waals surface area contributed by atoms with Gasteiger partial charge < -0.3 is 14.4 Å². The van der Waals surface area contributed by atoms with Crippen molar-refractivity contribution in [2.45, 2.75) is 31.5 Å². The van der Waals surface area contributed by atoms with Crippen LogP contribution in [-0.4, -0.2) is 52.5 Å². The molecule has 7 nitrogen and oxygen atoms in total. The van der Waals surface area contributed by atoms with E-state index in [1.54, 1.807) is 24.3 Å². The topological polar surface area (TPSA) is 91.1 Å². The van der Waals surface area contributed by atoms with Crippen LogP contribution < -0.4 is 5.76 Å². The minimum Gasteiger partial charge on any atom is -0.408 e. The highest BCUT2D eigenvalue weighted by Crippen LogP contribution is 2.25. The number of hydrogen-bond donors (Lipinski definition) is 2. The molecule has 31 heavy (non-hydrogen) atoms. The zero-order valence-corrected chi connectivity index (χ0v) is 17.0. The van der Waals surface area contributed by atoms with Gasteiger partial charge in [-0.2, -0.15) is 0 Å². The number of benzene rings is 2. The normalized spacial score (nSPS) is 24.3. The molecule has 3 heterocycles. The lowest BCUT2D eigenvalue weighted by molar-refractivity contribution is -0.00834. The van der Waals surface area contributed by atoms with Gasteiger partial charge in [0.25, 0.3) is 0 Å². The molecule has 2 aromatic carbocycles. The first kappa shape index (κ1) is 20.0. The number of hydrogen-bond acceptors (Lipinski definition) is 6. The molecule has 3 unspecified atom stereocenters. The van der Waals surface area contributed by atoms with E-state index in [-0.39, 0.29) is 17.8 Å². The number of aliphatic hydroxyl groups excluding tert-OH is 1. The first-order chi connectivity index (χ1) is 15.0. The molecule has 5 rings (SSSR count). The Bertz CT molecular complexity index is 1150. The Hall–Kier alpha value is -2.97. The fourth-order valence-corrected chi connectivity index (χ4v) is 4.48. The van der Waals surface area contributed by atoms with Crippen molar-refractivity contribution < 1.29 is 18.8 Å². The van der Waals surface area contributed by atoms with Gasteiger partial charge in [-0.1, -0.05) is 23.4 Å². The molecule has 0 radical (unpaired) electrons. The predicted molar refractivity (Wildman–Crippen MR) is 114 cm³/mol. The number of nitrogens with one attached hydrogen (secondary N) is 1. The third-order valence-corrected chi connectivity index (χ3v) is 6.17. The number of aromatic amines is 1. The maximum Gasteiger partial charge on any atom is 0.417 e. The van der Waals surface area contributed by atoms with E-state index in [2.05, 4.69) is 15.0 Å². The maximum atomic E-state index is 13.1. The summed E-state index contributed by atoms with van der Waals surface area (Å²) in [4.78, 5) is 21.8. The third kappa shape index (κ3) is 4.40. The summed E-state index contributed by atoms with van der Waals surface area (Å²) in [5, 5.41) is 14.9. The number of fused-ring (bicyclic) bond motifs is 1. The lowest BCUT2D eigenvalue weighted by Gasteiger charge is -2.36. The van der Waals surface area contributed by atoms with Gasteiger partial charge in [-0.3, -0.25) is 9.88 Å². The van der Waals surface area contributed by atoms with Crippen molar-refractivity contribution in [3.8, 4) is 0 Å². The molecule has 162 valence electrons. The molecular weight excluding hydrogens is 401 g/mol. The highest BCUT2D eigenvalue weighted by molar-refractivity contribution is 6.03. The van der Waals surface area contributed by atoms with Crippen molar-refractivity contribution in [2.24, 2.45) is 11.1 Å². The Balaban J connectivity index is 1.14. The van der Waals surface area contributed by atoms with Crippen LogP contribution in [0.1, 0.15) is 24.0 Å². The van der Waals surface area contributed by atoms with E-state index >= 15 is 0 Å². The van der Waals surface area contributed by atoms with Crippen LogP contribution in [0.2, 0.25) is 0 Å². The molecule has 0 saturated carbocycles. The van der Waals surface area contributed by atoms with E-state index < -0.39 is 11.9 Å². The SMILES string of the molecule is O=c1[nH]c2ccc(C3=NOC(CN4CCC(Cc5ccc(F)cc5)C(O)C4)C3)cc2o1. The number of β-amino-alcohol motifs (C(OH)–C–C–N with tert-alkyl or cyclic N) is 1.